The first-order valence-corrected chi connectivity index (χ1v) is 12.3. The quantitative estimate of drug-likeness (QED) is 0.214. The number of nitrogens with one attached hydrogen (secondary N) is 2. The lowest BCUT2D eigenvalue weighted by Crippen LogP contribution is -2.37. The Hall–Kier alpha value is -2.26. The van der Waals surface area contributed by atoms with Crippen LogP contribution in [0, 0.1) is 12.3 Å². The molecule has 0 saturated heterocycles. The third-order valence-electron chi connectivity index (χ3n) is 4.15. The summed E-state index contributed by atoms with van der Waals surface area (Å²) in [4.78, 5) is 14.0. The molecule has 0 atom stereocenters. The summed E-state index contributed by atoms with van der Waals surface area (Å²) < 4.78 is 5.39. The smallest absolute Gasteiger partial charge is 0.227 e. The minimum absolute atomic E-state index is 0.220. The molecule has 188 valence electrons. The number of hydrogen-bond donors (Lipinski definition) is 2. The van der Waals surface area contributed by atoms with Crippen molar-refractivity contribution >= 4 is 23.2 Å². The van der Waals surface area contributed by atoms with E-state index in [1.54, 1.807) is 7.11 Å². The van der Waals surface area contributed by atoms with E-state index in [-0.39, 0.29) is 5.91 Å². The minimum atomic E-state index is 0.220. The van der Waals surface area contributed by atoms with Crippen LogP contribution in [0.2, 0.25) is 0 Å². The Morgan fingerprint density at radius 3 is 2.24 bits per heavy atom. The van der Waals surface area contributed by atoms with Crippen molar-refractivity contribution in [3.05, 3.63) is 49.1 Å². The van der Waals surface area contributed by atoms with Gasteiger partial charge < -0.3 is 20.3 Å². The summed E-state index contributed by atoms with van der Waals surface area (Å²) in [6.07, 6.45) is 11.7. The first-order chi connectivity index (χ1) is 16.1. The zero-order chi connectivity index (χ0) is 25.9. The summed E-state index contributed by atoms with van der Waals surface area (Å²) in [5, 5.41) is 6.37. The van der Waals surface area contributed by atoms with Gasteiger partial charge in [-0.05, 0) is 50.7 Å². The number of hydrogen-bond acceptors (Lipinski definition) is 4. The third kappa shape index (κ3) is 17.0. The Balaban J connectivity index is -0.000000535. The van der Waals surface area contributed by atoms with Crippen molar-refractivity contribution in [2.75, 3.05) is 51.1 Å². The van der Waals surface area contributed by atoms with E-state index in [0.29, 0.717) is 6.42 Å². The van der Waals surface area contributed by atoms with Gasteiger partial charge in [-0.25, -0.2) is 0 Å². The van der Waals surface area contributed by atoms with E-state index in [0.717, 1.165) is 62.6 Å². The molecule has 33 heavy (non-hydrogen) atoms. The molecule has 0 aliphatic carbocycles. The van der Waals surface area contributed by atoms with Gasteiger partial charge in [-0.1, -0.05) is 52.3 Å². The molecular formula is C27H46ClN3O2. The predicted octanol–water partition coefficient (Wildman–Crippen LogP) is 5.44. The molecule has 2 N–H and O–H groups in total. The van der Waals surface area contributed by atoms with Crippen LogP contribution in [0.3, 0.4) is 0 Å². The van der Waals surface area contributed by atoms with Crippen LogP contribution in [0.1, 0.15) is 46.1 Å². The number of halogens is 1. The van der Waals surface area contributed by atoms with Crippen LogP contribution in [-0.2, 0) is 11.2 Å². The number of alkyl halides is 1. The maximum Gasteiger partial charge on any atom is 0.227 e. The van der Waals surface area contributed by atoms with Crippen molar-refractivity contribution in [3.63, 3.8) is 0 Å². The number of benzene rings is 1. The van der Waals surface area contributed by atoms with Crippen molar-refractivity contribution in [1.82, 2.24) is 10.6 Å². The van der Waals surface area contributed by atoms with Crippen LogP contribution >= 0.6 is 11.6 Å². The summed E-state index contributed by atoms with van der Waals surface area (Å²) in [5.41, 5.74) is 2.18. The van der Waals surface area contributed by atoms with Gasteiger partial charge in [-0.15, -0.1) is 24.6 Å². The molecule has 1 aliphatic rings. The van der Waals surface area contributed by atoms with Gasteiger partial charge in [0.25, 0.3) is 0 Å². The van der Waals surface area contributed by atoms with Gasteiger partial charge in [0.2, 0.25) is 5.91 Å². The summed E-state index contributed by atoms with van der Waals surface area (Å²) in [5.74, 6) is 3.30. The van der Waals surface area contributed by atoms with Crippen LogP contribution in [0.15, 0.2) is 43.5 Å². The van der Waals surface area contributed by atoms with E-state index < -0.39 is 0 Å². The van der Waals surface area contributed by atoms with Gasteiger partial charge in [-0.2, -0.15) is 0 Å². The molecule has 0 aromatic heterocycles. The summed E-state index contributed by atoms with van der Waals surface area (Å²) in [6, 6.07) is 5.93. The molecule has 5 nitrogen and oxygen atoms in total. The van der Waals surface area contributed by atoms with Crippen molar-refractivity contribution in [2.24, 2.45) is 0 Å². The van der Waals surface area contributed by atoms with E-state index in [4.69, 9.17) is 4.74 Å². The lowest BCUT2D eigenvalue weighted by atomic mass is 10.00. The first kappa shape index (κ1) is 35.3. The second kappa shape index (κ2) is 27.8. The molecule has 0 spiro atoms. The maximum absolute atomic E-state index is 12.1. The fraction of sp³-hybridized carbons (Fsp3) is 0.519. The molecule has 1 aromatic rings. The summed E-state index contributed by atoms with van der Waals surface area (Å²) in [6.45, 7) is 19.6. The topological polar surface area (TPSA) is 53.6 Å². The Morgan fingerprint density at radius 2 is 1.79 bits per heavy atom. The van der Waals surface area contributed by atoms with Crippen LogP contribution in [0.5, 0.6) is 5.75 Å². The van der Waals surface area contributed by atoms with Gasteiger partial charge in [0.05, 0.1) is 12.8 Å². The fourth-order valence-electron chi connectivity index (χ4n) is 2.78. The lowest BCUT2D eigenvalue weighted by Gasteiger charge is -2.30. The van der Waals surface area contributed by atoms with Crippen LogP contribution in [0.4, 0.5) is 5.69 Å². The van der Waals surface area contributed by atoms with Crippen molar-refractivity contribution in [2.45, 2.75) is 47.0 Å². The highest BCUT2D eigenvalue weighted by Gasteiger charge is 2.25. The highest BCUT2D eigenvalue weighted by atomic mass is 35.5. The van der Waals surface area contributed by atoms with Gasteiger partial charge in [0.1, 0.15) is 5.75 Å². The Morgan fingerprint density at radius 1 is 1.18 bits per heavy atom. The number of methoxy groups -OCH3 is 1. The van der Waals surface area contributed by atoms with Gasteiger partial charge >= 0.3 is 0 Å². The van der Waals surface area contributed by atoms with Crippen LogP contribution in [-0.4, -0.2) is 52.1 Å². The molecule has 1 heterocycles. The zero-order valence-electron chi connectivity index (χ0n) is 21.7. The third-order valence-corrected chi connectivity index (χ3v) is 4.15. The molecule has 6 heteroatoms. The minimum Gasteiger partial charge on any atom is -0.496 e. The number of fused-ring (bicyclic) bond motifs is 1. The molecule has 0 bridgehead atoms. The number of carbonyl (C=O) groups is 1. The Labute approximate surface area is 208 Å². The molecule has 1 aromatic carbocycles. The molecular weight excluding hydrogens is 434 g/mol. The van der Waals surface area contributed by atoms with Crippen molar-refractivity contribution in [3.8, 4) is 18.1 Å². The summed E-state index contributed by atoms with van der Waals surface area (Å²) in [7, 11) is 1.68. The monoisotopic (exact) mass is 479 g/mol. The van der Waals surface area contributed by atoms with Gasteiger partial charge in [-0.3, -0.25) is 4.79 Å². The highest BCUT2D eigenvalue weighted by molar-refractivity contribution is 6.15. The number of likely N-dealkylation sites (N-methyl/N-ethyl adjacent to an activating group) is 1. The number of nitrogens with zero attached hydrogens (tertiary/aromatic N) is 1. The molecule has 0 unspecified atom stereocenters. The predicted molar refractivity (Wildman–Crippen MR) is 148 cm³/mol. The van der Waals surface area contributed by atoms with Gasteiger partial charge in [0.15, 0.2) is 0 Å². The normalized spacial score (nSPS) is 10.6. The van der Waals surface area contributed by atoms with Gasteiger partial charge in [0, 0.05) is 31.5 Å². The second-order valence-electron chi connectivity index (χ2n) is 6.18. The number of ether oxygens (including phenoxy) is 1. The number of terminal acetylenes is 1. The number of allylic oxidation sites excluding steroid dienone is 1. The van der Waals surface area contributed by atoms with E-state index in [9.17, 15) is 4.79 Å². The fourth-order valence-corrected chi connectivity index (χ4v) is 2.78. The van der Waals surface area contributed by atoms with Crippen LogP contribution < -0.4 is 20.3 Å². The van der Waals surface area contributed by atoms with E-state index in [1.165, 1.54) is 12.5 Å². The molecule has 0 radical (unpaired) electrons. The average molecular weight is 480 g/mol. The number of anilines is 1. The highest BCUT2D eigenvalue weighted by Crippen LogP contribution is 2.34. The Bertz CT molecular complexity index is 657. The molecule has 1 amide bonds. The van der Waals surface area contributed by atoms with E-state index in [2.05, 4.69) is 61.6 Å². The molecule has 2 rings (SSSR count). The zero-order valence-corrected chi connectivity index (χ0v) is 22.4. The molecule has 0 saturated carbocycles. The maximum atomic E-state index is 12.1. The Kier molecular flexibility index (Phi) is 29.7. The SMILES string of the molecule is C#CC=C.C=CCNCC.CC.CCNCCCN1C(=O)CCc2c(OC)cccc21.CCl. The standard InChI is InChI=1S/C15H22N2O2.C5H11N.C4H4.C2H6.CH3Cl/c1-3-16-10-5-11-17-13-6-4-7-14(19-2)12(13)8-9-15(17)18;1-3-5-6-4-2;1-3-4-2;2*1-2/h4,6-7,16H,3,5,8-11H2,1-2H3;3,6H,1,4-5H2,2H3;1,4H,2H2;1-2H3;1H3. The molecule has 0 fully saturated rings. The van der Waals surface area contributed by atoms with Crippen molar-refractivity contribution < 1.29 is 9.53 Å². The van der Waals surface area contributed by atoms with E-state index >= 15 is 0 Å². The lowest BCUT2D eigenvalue weighted by molar-refractivity contribution is -0.118. The number of rotatable bonds is 9. The summed E-state index contributed by atoms with van der Waals surface area (Å²) >= 11 is 4.64. The molecule has 1 aliphatic heterocycles. The number of carbonyl (C=O) groups excluding carboxylic acids is 1. The van der Waals surface area contributed by atoms with Crippen molar-refractivity contribution in [1.29, 1.82) is 0 Å². The van der Waals surface area contributed by atoms with Crippen LogP contribution in [0.25, 0.3) is 0 Å². The van der Waals surface area contributed by atoms with E-state index in [1.807, 2.05) is 43.0 Å². The number of amides is 1. The first-order valence-electron chi connectivity index (χ1n) is 11.5. The largest absolute Gasteiger partial charge is 0.496 e. The average Bonchev–Trinajstić information content (AvgIpc) is 2.88. The second-order valence-corrected chi connectivity index (χ2v) is 6.18.